The highest BCUT2D eigenvalue weighted by Crippen LogP contribution is 2.27. The fourth-order valence-corrected chi connectivity index (χ4v) is 3.16. The normalized spacial score (nSPS) is 17.2. The Hall–Kier alpha value is -1.98. The minimum Gasteiger partial charge on any atom is -0.487 e. The van der Waals surface area contributed by atoms with Crippen molar-refractivity contribution in [2.24, 2.45) is 0 Å². The van der Waals surface area contributed by atoms with Crippen LogP contribution >= 0.6 is 23.2 Å². The van der Waals surface area contributed by atoms with Crippen molar-refractivity contribution in [3.05, 3.63) is 52.8 Å². The standard InChI is InChI=1S/C19H20Cl2N2O3/c1-19(2,26-14-5-3-13(20)4-6-14)18(24)23-10-8-15(12-23)25-17-7-9-22-11-16(17)21/h3-7,9,11,15H,8,10,12H2,1-2H3/t15-/m0/s1. The van der Waals surface area contributed by atoms with Gasteiger partial charge in [0.1, 0.15) is 22.6 Å². The van der Waals surface area contributed by atoms with E-state index < -0.39 is 5.60 Å². The van der Waals surface area contributed by atoms with E-state index in [-0.39, 0.29) is 12.0 Å². The molecule has 0 N–H and O–H groups in total. The highest BCUT2D eigenvalue weighted by molar-refractivity contribution is 6.31. The first-order chi connectivity index (χ1) is 12.3. The molecule has 2 aromatic rings. The lowest BCUT2D eigenvalue weighted by molar-refractivity contribution is -0.144. The highest BCUT2D eigenvalue weighted by atomic mass is 35.5. The number of halogens is 2. The smallest absolute Gasteiger partial charge is 0.266 e. The van der Waals surface area contributed by atoms with E-state index in [0.717, 1.165) is 6.42 Å². The lowest BCUT2D eigenvalue weighted by Gasteiger charge is -2.30. The molecule has 138 valence electrons. The third-order valence-electron chi connectivity index (χ3n) is 4.16. The fourth-order valence-electron chi connectivity index (χ4n) is 2.87. The van der Waals surface area contributed by atoms with Crippen molar-refractivity contribution in [1.29, 1.82) is 0 Å². The Bertz CT molecular complexity index is 781. The Morgan fingerprint density at radius 2 is 1.96 bits per heavy atom. The number of aromatic nitrogens is 1. The van der Waals surface area contributed by atoms with Gasteiger partial charge in [-0.15, -0.1) is 0 Å². The molecule has 0 spiro atoms. The summed E-state index contributed by atoms with van der Waals surface area (Å²) < 4.78 is 11.8. The van der Waals surface area contributed by atoms with Crippen LogP contribution in [0.4, 0.5) is 0 Å². The van der Waals surface area contributed by atoms with Crippen molar-refractivity contribution in [2.45, 2.75) is 32.0 Å². The molecule has 1 aromatic carbocycles. The van der Waals surface area contributed by atoms with E-state index in [9.17, 15) is 4.79 Å². The minimum atomic E-state index is -0.989. The van der Waals surface area contributed by atoms with E-state index in [1.165, 1.54) is 6.20 Å². The molecule has 0 aliphatic carbocycles. The van der Waals surface area contributed by atoms with Crippen LogP contribution in [0.5, 0.6) is 11.5 Å². The quantitative estimate of drug-likeness (QED) is 0.761. The van der Waals surface area contributed by atoms with Crippen LogP contribution in [0.25, 0.3) is 0 Å². The van der Waals surface area contributed by atoms with Crippen molar-refractivity contribution in [3.63, 3.8) is 0 Å². The molecule has 1 aliphatic heterocycles. The van der Waals surface area contributed by atoms with Crippen molar-refractivity contribution >= 4 is 29.1 Å². The second kappa shape index (κ2) is 7.72. The molecule has 1 amide bonds. The molecule has 2 heterocycles. The molecule has 7 heteroatoms. The second-order valence-electron chi connectivity index (χ2n) is 6.65. The summed E-state index contributed by atoms with van der Waals surface area (Å²) in [5.41, 5.74) is -0.989. The summed E-state index contributed by atoms with van der Waals surface area (Å²) in [7, 11) is 0. The predicted molar refractivity (Wildman–Crippen MR) is 101 cm³/mol. The molecule has 5 nitrogen and oxygen atoms in total. The van der Waals surface area contributed by atoms with Gasteiger partial charge in [-0.2, -0.15) is 0 Å². The Kier molecular flexibility index (Phi) is 5.58. The van der Waals surface area contributed by atoms with E-state index in [4.69, 9.17) is 32.7 Å². The highest BCUT2D eigenvalue weighted by Gasteiger charge is 2.38. The first-order valence-corrected chi connectivity index (χ1v) is 9.11. The lowest BCUT2D eigenvalue weighted by Crippen LogP contribution is -2.48. The summed E-state index contributed by atoms with van der Waals surface area (Å²) in [5.74, 6) is 1.10. The molecule has 0 unspecified atom stereocenters. The third-order valence-corrected chi connectivity index (χ3v) is 4.70. The first kappa shape index (κ1) is 18.8. The molecule has 3 rings (SSSR count). The number of amides is 1. The number of carbonyl (C=O) groups is 1. The van der Waals surface area contributed by atoms with Crippen molar-refractivity contribution in [2.75, 3.05) is 13.1 Å². The van der Waals surface area contributed by atoms with Crippen LogP contribution in [0.15, 0.2) is 42.7 Å². The van der Waals surface area contributed by atoms with Crippen molar-refractivity contribution in [1.82, 2.24) is 9.88 Å². The monoisotopic (exact) mass is 394 g/mol. The first-order valence-electron chi connectivity index (χ1n) is 8.35. The van der Waals surface area contributed by atoms with Gasteiger partial charge >= 0.3 is 0 Å². The molecule has 1 aliphatic rings. The number of ether oxygens (including phenoxy) is 2. The van der Waals surface area contributed by atoms with Gasteiger partial charge in [-0.05, 0) is 38.1 Å². The van der Waals surface area contributed by atoms with Crippen molar-refractivity contribution < 1.29 is 14.3 Å². The molecule has 0 saturated carbocycles. The zero-order valence-electron chi connectivity index (χ0n) is 14.6. The average Bonchev–Trinajstić information content (AvgIpc) is 3.06. The summed E-state index contributed by atoms with van der Waals surface area (Å²) in [5, 5.41) is 1.08. The number of benzene rings is 1. The maximum Gasteiger partial charge on any atom is 0.266 e. The van der Waals surface area contributed by atoms with Crippen LogP contribution in [0, 0.1) is 0 Å². The predicted octanol–water partition coefficient (Wildman–Crippen LogP) is 4.23. The summed E-state index contributed by atoms with van der Waals surface area (Å²) >= 11 is 12.0. The van der Waals surface area contributed by atoms with Crippen molar-refractivity contribution in [3.8, 4) is 11.5 Å². The number of rotatable bonds is 5. The zero-order chi connectivity index (χ0) is 18.7. The van der Waals surface area contributed by atoms with Crippen LogP contribution in [-0.2, 0) is 4.79 Å². The average molecular weight is 395 g/mol. The molecule has 1 saturated heterocycles. The zero-order valence-corrected chi connectivity index (χ0v) is 16.1. The number of likely N-dealkylation sites (tertiary alicyclic amines) is 1. The number of carbonyl (C=O) groups excluding carboxylic acids is 1. The number of nitrogens with zero attached hydrogens (tertiary/aromatic N) is 2. The van der Waals surface area contributed by atoms with E-state index in [1.807, 2.05) is 0 Å². The maximum absolute atomic E-state index is 12.9. The van der Waals surface area contributed by atoms with Crippen LogP contribution in [0.2, 0.25) is 10.0 Å². The largest absolute Gasteiger partial charge is 0.487 e. The molecule has 1 atom stereocenters. The van der Waals surface area contributed by atoms with Crippen LogP contribution in [-0.4, -0.2) is 40.6 Å². The minimum absolute atomic E-state index is 0.0839. The Morgan fingerprint density at radius 1 is 1.23 bits per heavy atom. The Labute approximate surface area is 162 Å². The van der Waals surface area contributed by atoms with Gasteiger partial charge in [0.2, 0.25) is 0 Å². The molecule has 0 bridgehead atoms. The maximum atomic E-state index is 12.9. The lowest BCUT2D eigenvalue weighted by atomic mass is 10.1. The number of pyridine rings is 1. The van der Waals surface area contributed by atoms with Crippen LogP contribution in [0.3, 0.4) is 0 Å². The van der Waals surface area contributed by atoms with Gasteiger partial charge in [0.05, 0.1) is 6.54 Å². The van der Waals surface area contributed by atoms with Gasteiger partial charge in [-0.3, -0.25) is 9.78 Å². The van der Waals surface area contributed by atoms with E-state index in [1.54, 1.807) is 55.3 Å². The Morgan fingerprint density at radius 3 is 2.65 bits per heavy atom. The van der Waals surface area contributed by atoms with E-state index >= 15 is 0 Å². The third kappa shape index (κ3) is 4.40. The van der Waals surface area contributed by atoms with Gasteiger partial charge in [0, 0.05) is 36.4 Å². The van der Waals surface area contributed by atoms with Gasteiger partial charge in [-0.1, -0.05) is 23.2 Å². The molecular weight excluding hydrogens is 375 g/mol. The van der Waals surface area contributed by atoms with E-state index in [2.05, 4.69) is 4.98 Å². The van der Waals surface area contributed by atoms with E-state index in [0.29, 0.717) is 34.6 Å². The summed E-state index contributed by atoms with van der Waals surface area (Å²) in [6, 6.07) is 8.68. The molecule has 0 radical (unpaired) electrons. The van der Waals surface area contributed by atoms with Gasteiger partial charge in [0.25, 0.3) is 5.91 Å². The SMILES string of the molecule is CC(C)(Oc1ccc(Cl)cc1)C(=O)N1CC[C@H](Oc2ccncc2Cl)C1. The Balaban J connectivity index is 1.61. The van der Waals surface area contributed by atoms with Gasteiger partial charge < -0.3 is 14.4 Å². The molecule has 1 aromatic heterocycles. The van der Waals surface area contributed by atoms with Gasteiger partial charge in [-0.25, -0.2) is 0 Å². The number of hydrogen-bond acceptors (Lipinski definition) is 4. The topological polar surface area (TPSA) is 51.7 Å². The summed E-state index contributed by atoms with van der Waals surface area (Å²) in [4.78, 5) is 18.6. The second-order valence-corrected chi connectivity index (χ2v) is 7.50. The molecular formula is C19H20Cl2N2O3. The summed E-state index contributed by atoms with van der Waals surface area (Å²) in [6.07, 6.45) is 3.80. The van der Waals surface area contributed by atoms with Crippen LogP contribution in [0.1, 0.15) is 20.3 Å². The molecule has 26 heavy (non-hydrogen) atoms. The van der Waals surface area contributed by atoms with Gasteiger partial charge in [0.15, 0.2) is 5.60 Å². The molecule has 1 fully saturated rings. The summed E-state index contributed by atoms with van der Waals surface area (Å²) in [6.45, 7) is 4.63. The van der Waals surface area contributed by atoms with Crippen LogP contribution < -0.4 is 9.47 Å². The number of hydrogen-bond donors (Lipinski definition) is 0. The fraction of sp³-hybridized carbons (Fsp3) is 0.368.